The molecule has 2 aromatic rings. The molecule has 0 amide bonds. The molecular weight excluding hydrogens is 372 g/mol. The van der Waals surface area contributed by atoms with Gasteiger partial charge in [-0.2, -0.15) is 0 Å². The highest BCUT2D eigenvalue weighted by Crippen LogP contribution is 2.24. The van der Waals surface area contributed by atoms with Gasteiger partial charge in [0.05, 0.1) is 0 Å². The van der Waals surface area contributed by atoms with Crippen molar-refractivity contribution in [2.75, 3.05) is 39.3 Å². The number of hydrogen-bond acceptors (Lipinski definition) is 4. The summed E-state index contributed by atoms with van der Waals surface area (Å²) < 4.78 is 5.94. The minimum atomic E-state index is -0.483. The Bertz CT molecular complexity index is 748. The van der Waals surface area contributed by atoms with Gasteiger partial charge in [0.1, 0.15) is 18.5 Å². The molecule has 0 radical (unpaired) electrons. The summed E-state index contributed by atoms with van der Waals surface area (Å²) >= 11 is 5.96. The lowest BCUT2D eigenvalue weighted by molar-refractivity contribution is 0.0443. The number of nitrogens with zero attached hydrogens (tertiary/aromatic N) is 2. The van der Waals surface area contributed by atoms with Crippen LogP contribution in [0.3, 0.4) is 0 Å². The van der Waals surface area contributed by atoms with Crippen molar-refractivity contribution in [3.63, 3.8) is 0 Å². The Balaban J connectivity index is 1.41. The van der Waals surface area contributed by atoms with Crippen LogP contribution in [0.4, 0.5) is 0 Å². The van der Waals surface area contributed by atoms with Crippen LogP contribution in [0.2, 0.25) is 5.02 Å². The maximum Gasteiger partial charge on any atom is 0.125 e. The summed E-state index contributed by atoms with van der Waals surface area (Å²) in [6.45, 7) is 12.1. The van der Waals surface area contributed by atoms with Crippen molar-refractivity contribution in [1.29, 1.82) is 0 Å². The predicted octanol–water partition coefficient (Wildman–Crippen LogP) is 3.82. The largest absolute Gasteiger partial charge is 0.490 e. The zero-order chi connectivity index (χ0) is 20.1. The molecule has 1 N–H and O–H groups in total. The van der Waals surface area contributed by atoms with Gasteiger partial charge in [-0.15, -0.1) is 0 Å². The number of aliphatic hydroxyl groups excluding tert-OH is 1. The van der Waals surface area contributed by atoms with E-state index in [9.17, 15) is 5.11 Å². The third kappa shape index (κ3) is 5.95. The van der Waals surface area contributed by atoms with Crippen molar-refractivity contribution in [3.8, 4) is 5.75 Å². The van der Waals surface area contributed by atoms with Crippen LogP contribution in [0.1, 0.15) is 22.3 Å². The van der Waals surface area contributed by atoms with Gasteiger partial charge in [0.2, 0.25) is 0 Å². The van der Waals surface area contributed by atoms with Crippen LogP contribution in [0.25, 0.3) is 0 Å². The second-order valence-electron chi connectivity index (χ2n) is 7.90. The van der Waals surface area contributed by atoms with E-state index in [4.69, 9.17) is 16.3 Å². The van der Waals surface area contributed by atoms with E-state index in [1.165, 1.54) is 11.1 Å². The van der Waals surface area contributed by atoms with E-state index >= 15 is 0 Å². The molecule has 1 unspecified atom stereocenters. The first kappa shape index (κ1) is 21.1. The zero-order valence-electron chi connectivity index (χ0n) is 17.1. The van der Waals surface area contributed by atoms with Crippen LogP contribution >= 0.6 is 11.6 Å². The molecule has 0 saturated carbocycles. The molecule has 1 saturated heterocycles. The second-order valence-corrected chi connectivity index (χ2v) is 8.33. The maximum absolute atomic E-state index is 10.4. The lowest BCUT2D eigenvalue weighted by Gasteiger charge is -2.35. The first-order valence-corrected chi connectivity index (χ1v) is 10.4. The SMILES string of the molecule is Cc1cc(C)c(OCC(O)CN2CCN(Cc3ccc(Cl)cc3)CC2)c(C)c1. The number of β-amino-alcohol motifs (C(OH)–C–C–N with tert-alkyl or cyclic N) is 1. The van der Waals surface area contributed by atoms with Gasteiger partial charge in [0, 0.05) is 44.3 Å². The van der Waals surface area contributed by atoms with Gasteiger partial charge in [-0.05, 0) is 49.6 Å². The third-order valence-corrected chi connectivity index (χ3v) is 5.53. The van der Waals surface area contributed by atoms with E-state index < -0.39 is 6.10 Å². The Hall–Kier alpha value is -1.59. The predicted molar refractivity (Wildman–Crippen MR) is 115 cm³/mol. The molecule has 1 aliphatic heterocycles. The van der Waals surface area contributed by atoms with E-state index in [0.717, 1.165) is 54.6 Å². The molecule has 28 heavy (non-hydrogen) atoms. The van der Waals surface area contributed by atoms with E-state index in [1.807, 2.05) is 12.1 Å². The van der Waals surface area contributed by atoms with Gasteiger partial charge in [0.25, 0.3) is 0 Å². The van der Waals surface area contributed by atoms with Crippen LogP contribution in [0.5, 0.6) is 5.75 Å². The number of hydrogen-bond donors (Lipinski definition) is 1. The molecule has 0 aliphatic carbocycles. The van der Waals surface area contributed by atoms with Crippen molar-refractivity contribution in [2.24, 2.45) is 0 Å². The Morgan fingerprint density at radius 1 is 0.964 bits per heavy atom. The van der Waals surface area contributed by atoms with Crippen molar-refractivity contribution < 1.29 is 9.84 Å². The molecule has 1 aliphatic rings. The number of aryl methyl sites for hydroxylation is 3. The van der Waals surface area contributed by atoms with Gasteiger partial charge >= 0.3 is 0 Å². The van der Waals surface area contributed by atoms with Gasteiger partial charge < -0.3 is 9.84 Å². The minimum absolute atomic E-state index is 0.329. The maximum atomic E-state index is 10.4. The first-order chi connectivity index (χ1) is 13.4. The number of benzene rings is 2. The summed E-state index contributed by atoms with van der Waals surface area (Å²) in [5, 5.41) is 11.2. The molecular formula is C23H31ClN2O2. The van der Waals surface area contributed by atoms with Crippen LogP contribution in [-0.4, -0.2) is 60.3 Å². The van der Waals surface area contributed by atoms with Crippen molar-refractivity contribution in [3.05, 3.63) is 63.7 Å². The third-order valence-electron chi connectivity index (χ3n) is 5.28. The average molecular weight is 403 g/mol. The lowest BCUT2D eigenvalue weighted by Crippen LogP contribution is -2.48. The highest BCUT2D eigenvalue weighted by atomic mass is 35.5. The monoisotopic (exact) mass is 402 g/mol. The Labute approximate surface area is 173 Å². The molecule has 152 valence electrons. The van der Waals surface area contributed by atoms with Gasteiger partial charge in [0.15, 0.2) is 0 Å². The van der Waals surface area contributed by atoms with Crippen LogP contribution < -0.4 is 4.74 Å². The highest BCUT2D eigenvalue weighted by molar-refractivity contribution is 6.30. The summed E-state index contributed by atoms with van der Waals surface area (Å²) in [5.74, 6) is 0.900. The summed E-state index contributed by atoms with van der Waals surface area (Å²) in [5.41, 5.74) is 4.77. The molecule has 1 atom stereocenters. The fourth-order valence-electron chi connectivity index (χ4n) is 3.90. The highest BCUT2D eigenvalue weighted by Gasteiger charge is 2.20. The molecule has 3 rings (SSSR count). The number of halogens is 1. The quantitative estimate of drug-likeness (QED) is 0.763. The second kappa shape index (κ2) is 9.75. The smallest absolute Gasteiger partial charge is 0.125 e. The van der Waals surface area contributed by atoms with Crippen LogP contribution in [-0.2, 0) is 6.54 Å². The summed E-state index contributed by atoms with van der Waals surface area (Å²) in [6.07, 6.45) is -0.483. The minimum Gasteiger partial charge on any atom is -0.490 e. The number of piperazine rings is 1. The molecule has 0 aromatic heterocycles. The van der Waals surface area contributed by atoms with Gasteiger partial charge in [-0.3, -0.25) is 9.80 Å². The average Bonchev–Trinajstić information content (AvgIpc) is 2.64. The normalized spacial score (nSPS) is 16.9. The van der Waals surface area contributed by atoms with E-state index in [-0.39, 0.29) is 0 Å². The molecule has 2 aromatic carbocycles. The number of ether oxygens (including phenoxy) is 1. The lowest BCUT2D eigenvalue weighted by atomic mass is 10.1. The fourth-order valence-corrected chi connectivity index (χ4v) is 4.03. The molecule has 0 spiro atoms. The Morgan fingerprint density at radius 3 is 2.14 bits per heavy atom. The molecule has 1 fully saturated rings. The molecule has 1 heterocycles. The summed E-state index contributed by atoms with van der Waals surface area (Å²) in [7, 11) is 0. The molecule has 4 nitrogen and oxygen atoms in total. The fraction of sp³-hybridized carbons (Fsp3) is 0.478. The van der Waals surface area contributed by atoms with E-state index in [2.05, 4.69) is 54.8 Å². The van der Waals surface area contributed by atoms with Gasteiger partial charge in [-0.25, -0.2) is 0 Å². The van der Waals surface area contributed by atoms with E-state index in [1.54, 1.807) is 0 Å². The Kier molecular flexibility index (Phi) is 7.36. The van der Waals surface area contributed by atoms with Crippen molar-refractivity contribution in [1.82, 2.24) is 9.80 Å². The summed E-state index contributed by atoms with van der Waals surface area (Å²) in [4.78, 5) is 4.77. The van der Waals surface area contributed by atoms with Crippen molar-refractivity contribution in [2.45, 2.75) is 33.4 Å². The topological polar surface area (TPSA) is 35.9 Å². The summed E-state index contributed by atoms with van der Waals surface area (Å²) in [6, 6.07) is 12.3. The number of rotatable bonds is 7. The zero-order valence-corrected chi connectivity index (χ0v) is 17.9. The molecule has 5 heteroatoms. The first-order valence-electron chi connectivity index (χ1n) is 9.98. The van der Waals surface area contributed by atoms with E-state index in [0.29, 0.717) is 13.2 Å². The van der Waals surface area contributed by atoms with Crippen molar-refractivity contribution >= 4 is 11.6 Å². The standard InChI is InChI=1S/C23H31ClN2O2/c1-17-12-18(2)23(19(3)13-17)28-16-22(27)15-26-10-8-25(9-11-26)14-20-4-6-21(24)7-5-20/h4-7,12-13,22,27H,8-11,14-16H2,1-3H3. The molecule has 0 bridgehead atoms. The number of aliphatic hydroxyl groups is 1. The van der Waals surface area contributed by atoms with Crippen LogP contribution in [0, 0.1) is 20.8 Å². The van der Waals surface area contributed by atoms with Gasteiger partial charge in [-0.1, -0.05) is 41.4 Å². The van der Waals surface area contributed by atoms with Crippen LogP contribution in [0.15, 0.2) is 36.4 Å². The Morgan fingerprint density at radius 2 is 1.54 bits per heavy atom.